The van der Waals surface area contributed by atoms with Gasteiger partial charge >= 0.3 is 7.12 Å². The first-order chi connectivity index (χ1) is 10.4. The Kier molecular flexibility index (Phi) is 2.95. The summed E-state index contributed by atoms with van der Waals surface area (Å²) in [4.78, 5) is 4.29. The molecule has 1 saturated carbocycles. The van der Waals surface area contributed by atoms with Gasteiger partial charge in [-0.05, 0) is 57.0 Å². The Morgan fingerprint density at radius 2 is 1.82 bits per heavy atom. The maximum absolute atomic E-state index is 6.21. The van der Waals surface area contributed by atoms with Gasteiger partial charge in [0.25, 0.3) is 0 Å². The number of fused-ring (bicyclic) bond motifs is 1. The van der Waals surface area contributed by atoms with E-state index in [-0.39, 0.29) is 18.3 Å². The van der Waals surface area contributed by atoms with E-state index < -0.39 is 0 Å². The number of pyridine rings is 1. The lowest BCUT2D eigenvalue weighted by molar-refractivity contribution is 0.00578. The molecular formula is C18H22BNO2. The number of rotatable bonds is 2. The van der Waals surface area contributed by atoms with Crippen molar-refractivity contribution in [3.05, 3.63) is 42.2 Å². The van der Waals surface area contributed by atoms with Crippen LogP contribution in [0.2, 0.25) is 5.82 Å². The van der Waals surface area contributed by atoms with Crippen LogP contribution < -0.4 is 0 Å². The number of nitrogens with zero attached hydrogens (tertiary/aromatic N) is 1. The molecule has 2 unspecified atom stereocenters. The van der Waals surface area contributed by atoms with Crippen LogP contribution in [0.4, 0.5) is 0 Å². The maximum Gasteiger partial charge on any atom is 0.461 e. The van der Waals surface area contributed by atoms with E-state index in [0.717, 1.165) is 6.42 Å². The molecule has 1 aromatic carbocycles. The fourth-order valence-electron chi connectivity index (χ4n) is 3.40. The summed E-state index contributed by atoms with van der Waals surface area (Å²) in [5.41, 5.74) is 0.890. The van der Waals surface area contributed by atoms with Crippen LogP contribution in [0, 0.1) is 0 Å². The monoisotopic (exact) mass is 295 g/mol. The molecule has 1 aromatic heterocycles. The first-order valence-corrected chi connectivity index (χ1v) is 8.07. The summed E-state index contributed by atoms with van der Waals surface area (Å²) in [7, 11) is -0.0954. The Morgan fingerprint density at radius 3 is 2.55 bits per heavy atom. The van der Waals surface area contributed by atoms with Gasteiger partial charge in [0.15, 0.2) is 0 Å². The van der Waals surface area contributed by atoms with Gasteiger partial charge in [0.2, 0.25) is 0 Å². The van der Waals surface area contributed by atoms with Gasteiger partial charge < -0.3 is 9.31 Å². The lowest BCUT2D eigenvalue weighted by Crippen LogP contribution is -2.41. The van der Waals surface area contributed by atoms with Crippen LogP contribution in [0.15, 0.2) is 36.7 Å². The molecule has 2 heterocycles. The zero-order valence-corrected chi connectivity index (χ0v) is 13.7. The fourth-order valence-corrected chi connectivity index (χ4v) is 3.40. The van der Waals surface area contributed by atoms with Gasteiger partial charge in [0.05, 0.1) is 11.2 Å². The Labute approximate surface area is 132 Å². The second-order valence-corrected chi connectivity index (χ2v) is 7.57. The summed E-state index contributed by atoms with van der Waals surface area (Å²) in [5, 5.41) is 2.51. The Hall–Kier alpha value is -1.39. The number of aromatic nitrogens is 1. The fraction of sp³-hybridized carbons (Fsp3) is 0.500. The standard InChI is InChI=1S/C18H22BNO2/c1-17(2)18(3,4)22-19(21-17)16-10-14(16)13-7-5-6-12-8-9-20-11-15(12)13/h5-9,11,14,16H,10H2,1-4H3. The Bertz CT molecular complexity index is 707. The molecule has 2 aromatic rings. The molecule has 0 amide bonds. The van der Waals surface area contributed by atoms with E-state index in [0.29, 0.717) is 11.7 Å². The Morgan fingerprint density at radius 1 is 1.09 bits per heavy atom. The highest BCUT2D eigenvalue weighted by atomic mass is 16.7. The average molecular weight is 295 g/mol. The average Bonchev–Trinajstić information content (AvgIpc) is 3.21. The summed E-state index contributed by atoms with van der Waals surface area (Å²) in [5.74, 6) is 0.967. The SMILES string of the molecule is CC1(C)OB(C2CC2c2cccc3ccncc23)OC1(C)C. The van der Waals surface area contributed by atoms with Crippen LogP contribution in [0.5, 0.6) is 0 Å². The van der Waals surface area contributed by atoms with Gasteiger partial charge in [-0.15, -0.1) is 0 Å². The van der Waals surface area contributed by atoms with E-state index in [9.17, 15) is 0 Å². The predicted molar refractivity (Wildman–Crippen MR) is 88.9 cm³/mol. The zero-order chi connectivity index (χ0) is 15.5. The third kappa shape index (κ3) is 2.09. The quantitative estimate of drug-likeness (QED) is 0.779. The molecule has 114 valence electrons. The number of hydrogen-bond donors (Lipinski definition) is 0. The molecule has 2 atom stereocenters. The molecule has 2 aliphatic rings. The predicted octanol–water partition coefficient (Wildman–Crippen LogP) is 4.18. The molecule has 0 radical (unpaired) electrons. The van der Waals surface area contributed by atoms with E-state index in [1.165, 1.54) is 16.3 Å². The topological polar surface area (TPSA) is 31.4 Å². The molecule has 1 aliphatic heterocycles. The van der Waals surface area contributed by atoms with Crippen molar-refractivity contribution in [2.24, 2.45) is 0 Å². The second kappa shape index (κ2) is 4.56. The minimum atomic E-state index is -0.245. The molecule has 22 heavy (non-hydrogen) atoms. The molecule has 1 saturated heterocycles. The number of hydrogen-bond acceptors (Lipinski definition) is 3. The summed E-state index contributed by atoms with van der Waals surface area (Å²) < 4.78 is 12.4. The minimum absolute atomic E-state index is 0.0954. The van der Waals surface area contributed by atoms with Crippen molar-refractivity contribution >= 4 is 17.9 Å². The van der Waals surface area contributed by atoms with Crippen molar-refractivity contribution in [3.63, 3.8) is 0 Å². The van der Waals surface area contributed by atoms with Crippen molar-refractivity contribution in [1.82, 2.24) is 4.98 Å². The van der Waals surface area contributed by atoms with Crippen molar-refractivity contribution in [2.75, 3.05) is 0 Å². The minimum Gasteiger partial charge on any atom is -0.403 e. The van der Waals surface area contributed by atoms with E-state index in [1.807, 2.05) is 12.4 Å². The van der Waals surface area contributed by atoms with Crippen molar-refractivity contribution in [2.45, 2.75) is 57.1 Å². The zero-order valence-electron chi connectivity index (χ0n) is 13.7. The van der Waals surface area contributed by atoms with Crippen LogP contribution in [-0.4, -0.2) is 23.3 Å². The van der Waals surface area contributed by atoms with E-state index in [1.54, 1.807) is 0 Å². The number of benzene rings is 1. The highest BCUT2D eigenvalue weighted by Gasteiger charge is 2.60. The van der Waals surface area contributed by atoms with Crippen molar-refractivity contribution in [3.8, 4) is 0 Å². The van der Waals surface area contributed by atoms with Crippen molar-refractivity contribution in [1.29, 1.82) is 0 Å². The van der Waals surface area contributed by atoms with Crippen LogP contribution in [0.25, 0.3) is 10.8 Å². The molecule has 0 spiro atoms. The van der Waals surface area contributed by atoms with Crippen LogP contribution in [-0.2, 0) is 9.31 Å². The Balaban J connectivity index is 1.60. The molecule has 2 fully saturated rings. The van der Waals surface area contributed by atoms with E-state index >= 15 is 0 Å². The van der Waals surface area contributed by atoms with Gasteiger partial charge in [-0.25, -0.2) is 0 Å². The first-order valence-electron chi connectivity index (χ1n) is 8.07. The van der Waals surface area contributed by atoms with Crippen LogP contribution in [0.1, 0.15) is 45.6 Å². The van der Waals surface area contributed by atoms with Gasteiger partial charge in [-0.3, -0.25) is 4.98 Å². The molecule has 4 rings (SSSR count). The molecule has 3 nitrogen and oxygen atoms in total. The first kappa shape index (κ1) is 14.2. The lowest BCUT2D eigenvalue weighted by atomic mass is 9.79. The third-order valence-electron chi connectivity index (χ3n) is 5.58. The molecular weight excluding hydrogens is 273 g/mol. The largest absolute Gasteiger partial charge is 0.461 e. The summed E-state index contributed by atoms with van der Waals surface area (Å²) >= 11 is 0. The van der Waals surface area contributed by atoms with Gasteiger partial charge in [-0.1, -0.05) is 18.2 Å². The van der Waals surface area contributed by atoms with E-state index in [2.05, 4.69) is 56.9 Å². The molecule has 1 aliphatic carbocycles. The summed E-state index contributed by atoms with van der Waals surface area (Å²) in [6, 6.07) is 8.58. The third-order valence-corrected chi connectivity index (χ3v) is 5.58. The summed E-state index contributed by atoms with van der Waals surface area (Å²) in [6.45, 7) is 8.47. The molecule has 0 bridgehead atoms. The van der Waals surface area contributed by atoms with E-state index in [4.69, 9.17) is 9.31 Å². The van der Waals surface area contributed by atoms with Crippen molar-refractivity contribution < 1.29 is 9.31 Å². The van der Waals surface area contributed by atoms with Gasteiger partial charge in [0.1, 0.15) is 0 Å². The highest BCUT2D eigenvalue weighted by Crippen LogP contribution is 2.59. The molecule has 0 N–H and O–H groups in total. The van der Waals surface area contributed by atoms with Crippen LogP contribution in [0.3, 0.4) is 0 Å². The smallest absolute Gasteiger partial charge is 0.403 e. The van der Waals surface area contributed by atoms with Gasteiger partial charge in [0, 0.05) is 23.6 Å². The maximum atomic E-state index is 6.21. The van der Waals surface area contributed by atoms with Gasteiger partial charge in [-0.2, -0.15) is 0 Å². The normalized spacial score (nSPS) is 29.0. The summed E-state index contributed by atoms with van der Waals surface area (Å²) in [6.07, 6.45) is 4.96. The lowest BCUT2D eigenvalue weighted by Gasteiger charge is -2.32. The van der Waals surface area contributed by atoms with Crippen LogP contribution >= 0.6 is 0 Å². The molecule has 4 heteroatoms. The second-order valence-electron chi connectivity index (χ2n) is 7.57. The highest BCUT2D eigenvalue weighted by molar-refractivity contribution is 6.49.